The van der Waals surface area contributed by atoms with Gasteiger partial charge in [-0.1, -0.05) is 0 Å². The average molecular weight is 143 g/mol. The summed E-state index contributed by atoms with van der Waals surface area (Å²) in [5.41, 5.74) is 0. The largest absolute Gasteiger partial charge is 0.286 e. The molecule has 7 heavy (non-hydrogen) atoms. The Morgan fingerprint density at radius 3 is 1.43 bits per heavy atom. The lowest BCUT2D eigenvalue weighted by Crippen LogP contribution is -1.88. The predicted octanol–water partition coefficient (Wildman–Crippen LogP) is 0.246. The molecule has 0 unspecified atom stereocenters. The first-order valence-electron chi connectivity index (χ1n) is 1.11. The second kappa shape index (κ2) is 4.18. The van der Waals surface area contributed by atoms with Gasteiger partial charge in [-0.15, -0.1) is 0 Å². The van der Waals surface area contributed by atoms with Crippen molar-refractivity contribution in [3.05, 3.63) is 0 Å². The van der Waals surface area contributed by atoms with Crippen LogP contribution in [0.5, 0.6) is 0 Å². The van der Waals surface area contributed by atoms with Gasteiger partial charge in [0.2, 0.25) is 0 Å². The third-order valence-electron chi connectivity index (χ3n) is 0. The van der Waals surface area contributed by atoms with Crippen molar-refractivity contribution in [1.82, 2.24) is 0 Å². The van der Waals surface area contributed by atoms with Crippen molar-refractivity contribution in [2.45, 2.75) is 0 Å². The topological polar surface area (TPSA) is 71.4 Å². The van der Waals surface area contributed by atoms with E-state index in [-0.39, 0.29) is 0 Å². The van der Waals surface area contributed by atoms with Crippen molar-refractivity contribution >= 4 is 19.2 Å². The highest BCUT2D eigenvalue weighted by Gasteiger charge is 1.81. The lowest BCUT2D eigenvalue weighted by Gasteiger charge is -1.69. The molecule has 0 atom stereocenters. The van der Waals surface area contributed by atoms with E-state index in [9.17, 15) is 8.42 Å². The van der Waals surface area contributed by atoms with E-state index in [1.54, 1.807) is 0 Å². The van der Waals surface area contributed by atoms with Crippen LogP contribution in [0.2, 0.25) is 0 Å². The van der Waals surface area contributed by atoms with Gasteiger partial charge in [-0.3, -0.25) is 9.12 Å². The van der Waals surface area contributed by atoms with Gasteiger partial charge in [-0.2, -0.15) is 8.42 Å². The third kappa shape index (κ3) is 966000. The standard InChI is InChI=1S/CH4O3S.OP/c1-5(2,3)4;1-2/h1H3,(H,2,3,4);. The fourth-order valence-corrected chi connectivity index (χ4v) is 0. The van der Waals surface area contributed by atoms with Crippen LogP contribution < -0.4 is 0 Å². The van der Waals surface area contributed by atoms with Gasteiger partial charge in [-0.05, 0) is 0 Å². The maximum Gasteiger partial charge on any atom is 0.261 e. The molecule has 43 valence electrons. The normalized spacial score (nSPS) is 8.86. The summed E-state index contributed by atoms with van der Waals surface area (Å²) in [6.45, 7) is 0. The zero-order valence-electron chi connectivity index (χ0n) is 3.53. The summed E-state index contributed by atoms with van der Waals surface area (Å²) >= 11 is 0. The van der Waals surface area contributed by atoms with Crippen molar-refractivity contribution in [2.75, 3.05) is 6.26 Å². The van der Waals surface area contributed by atoms with E-state index >= 15 is 0 Å². The van der Waals surface area contributed by atoms with E-state index in [0.29, 0.717) is 6.26 Å². The van der Waals surface area contributed by atoms with Crippen LogP contribution in [0.3, 0.4) is 0 Å². The van der Waals surface area contributed by atoms with E-state index in [0.717, 1.165) is 0 Å². The number of hydrogen-bond acceptors (Lipinski definition) is 3. The second-order valence-corrected chi connectivity index (χ2v) is 2.20. The van der Waals surface area contributed by atoms with Gasteiger partial charge in [0.25, 0.3) is 19.2 Å². The lowest BCUT2D eigenvalue weighted by atomic mass is 12.0. The minimum Gasteiger partial charge on any atom is -0.286 e. The summed E-state index contributed by atoms with van der Waals surface area (Å²) in [5, 5.41) is 0. The fourth-order valence-electron chi connectivity index (χ4n) is 0. The van der Waals surface area contributed by atoms with E-state index in [1.807, 2.05) is 0 Å². The zero-order chi connectivity index (χ0) is 6.50. The smallest absolute Gasteiger partial charge is 0.261 e. The Morgan fingerprint density at radius 2 is 1.43 bits per heavy atom. The van der Waals surface area contributed by atoms with E-state index in [1.165, 1.54) is 0 Å². The van der Waals surface area contributed by atoms with Gasteiger partial charge < -0.3 is 0 Å². The van der Waals surface area contributed by atoms with Gasteiger partial charge in [0.05, 0.1) is 6.26 Å². The summed E-state index contributed by atoms with van der Waals surface area (Å²) in [7, 11) is -1.39. The molecule has 0 bridgehead atoms. The van der Waals surface area contributed by atoms with Crippen LogP contribution >= 0.6 is 9.12 Å². The van der Waals surface area contributed by atoms with Gasteiger partial charge >= 0.3 is 0 Å². The van der Waals surface area contributed by atoms with Crippen molar-refractivity contribution in [3.63, 3.8) is 0 Å². The SMILES string of the molecule is CS(=O)(=O)O.O=[P]. The number of hydrogen-bond donors (Lipinski definition) is 1. The predicted molar refractivity (Wildman–Crippen MR) is 25.1 cm³/mol. The van der Waals surface area contributed by atoms with Crippen molar-refractivity contribution in [2.24, 2.45) is 0 Å². The fraction of sp³-hybridized carbons (Fsp3) is 1.00. The Kier molecular flexibility index (Phi) is 6.02. The van der Waals surface area contributed by atoms with Crippen LogP contribution in [0.25, 0.3) is 0 Å². The molecule has 0 amide bonds. The molecule has 0 rings (SSSR count). The van der Waals surface area contributed by atoms with Gasteiger partial charge in [0.15, 0.2) is 0 Å². The molecular formula is CH4O4PS. The van der Waals surface area contributed by atoms with Crippen LogP contribution in [-0.4, -0.2) is 19.2 Å². The van der Waals surface area contributed by atoms with E-state index < -0.39 is 10.1 Å². The highest BCUT2D eigenvalue weighted by molar-refractivity contribution is 7.85. The number of rotatable bonds is 0. The molecule has 0 saturated heterocycles. The molecule has 0 spiro atoms. The molecule has 0 saturated carbocycles. The minimum atomic E-state index is -3.67. The first-order chi connectivity index (χ1) is 3.00. The summed E-state index contributed by atoms with van der Waals surface area (Å²) in [4.78, 5) is 0. The molecule has 4 nitrogen and oxygen atoms in total. The Balaban J connectivity index is 0. The molecular weight excluding hydrogens is 139 g/mol. The van der Waals surface area contributed by atoms with Crippen molar-refractivity contribution < 1.29 is 17.5 Å². The third-order valence-corrected chi connectivity index (χ3v) is 0. The van der Waals surface area contributed by atoms with E-state index in [2.05, 4.69) is 9.12 Å². The second-order valence-electron chi connectivity index (χ2n) is 0.733. The summed E-state index contributed by atoms with van der Waals surface area (Å²) in [6.07, 6.45) is 0.715. The first-order valence-corrected chi connectivity index (χ1v) is 3.32. The highest BCUT2D eigenvalue weighted by atomic mass is 32.2. The summed E-state index contributed by atoms with van der Waals surface area (Å²) in [6, 6.07) is 0. The zero-order valence-corrected chi connectivity index (χ0v) is 5.24. The Morgan fingerprint density at radius 1 is 1.43 bits per heavy atom. The quantitative estimate of drug-likeness (QED) is 0.389. The van der Waals surface area contributed by atoms with Crippen LogP contribution in [0.4, 0.5) is 0 Å². The van der Waals surface area contributed by atoms with Crippen LogP contribution in [0.1, 0.15) is 0 Å². The summed E-state index contributed by atoms with van der Waals surface area (Å²) in [5.74, 6) is 0. The first kappa shape index (κ1) is 10.1. The molecule has 0 aliphatic heterocycles. The van der Waals surface area contributed by atoms with Crippen LogP contribution in [-0.2, 0) is 14.7 Å². The van der Waals surface area contributed by atoms with Crippen molar-refractivity contribution in [3.8, 4) is 0 Å². The average Bonchev–Trinajstić information content (AvgIpc) is 1.36. The molecule has 0 aromatic heterocycles. The van der Waals surface area contributed by atoms with E-state index in [4.69, 9.17) is 9.12 Å². The molecule has 0 fully saturated rings. The van der Waals surface area contributed by atoms with Gasteiger partial charge in [0, 0.05) is 0 Å². The Labute approximate surface area is 43.9 Å². The molecule has 1 N–H and O–H groups in total. The maximum atomic E-state index is 9.19. The maximum absolute atomic E-state index is 9.19. The lowest BCUT2D eigenvalue weighted by molar-refractivity contribution is 0.490. The van der Waals surface area contributed by atoms with Crippen LogP contribution in [0.15, 0.2) is 0 Å². The molecule has 0 heterocycles. The summed E-state index contributed by atoms with van der Waals surface area (Å²) < 4.78 is 33.8. The Bertz CT molecular complexity index is 106. The molecule has 0 aliphatic rings. The molecule has 0 aromatic rings. The molecule has 6 heteroatoms. The molecule has 1 radical (unpaired) electrons. The molecule has 0 aromatic carbocycles. The minimum absolute atomic E-state index is 0.715. The Hall–Kier alpha value is 0.01000. The monoisotopic (exact) mass is 143 g/mol. The van der Waals surface area contributed by atoms with Crippen LogP contribution in [0, 0.1) is 0 Å². The highest BCUT2D eigenvalue weighted by Crippen LogP contribution is 1.60. The molecule has 0 aliphatic carbocycles. The van der Waals surface area contributed by atoms with Gasteiger partial charge in [-0.25, -0.2) is 0 Å². The van der Waals surface area contributed by atoms with Crippen molar-refractivity contribution in [1.29, 1.82) is 0 Å². The van der Waals surface area contributed by atoms with Gasteiger partial charge in [0.1, 0.15) is 0 Å².